The molecule has 1 aliphatic rings. The molecule has 0 aromatic carbocycles. The maximum atomic E-state index is 11.8. The topological polar surface area (TPSA) is 70.4 Å². The number of halogens is 1. The number of aromatic nitrogens is 1. The van der Waals surface area contributed by atoms with Gasteiger partial charge in [0.15, 0.2) is 0 Å². The lowest BCUT2D eigenvalue weighted by atomic mass is 10.2. The number of rotatable bonds is 8. The Hall–Kier alpha value is -0.760. The predicted molar refractivity (Wildman–Crippen MR) is 96.3 cm³/mol. The molecule has 1 saturated heterocycles. The molecule has 1 aromatic rings. The molecule has 2 N–H and O–H groups in total. The van der Waals surface area contributed by atoms with Gasteiger partial charge in [-0.1, -0.05) is 5.16 Å². The van der Waals surface area contributed by atoms with E-state index in [9.17, 15) is 4.79 Å². The standard InChI is InChI=1S/C15H26N4O2S.ClH/c1-12-14(13(2)21-18-12)10-22-11-15(20)17-4-3-7-19-8-5-16-6-9-19;/h16H,3-11H2,1-2H3,(H,17,20);1H. The molecule has 2 rings (SSSR count). The number of carbonyl (C=O) groups is 1. The lowest BCUT2D eigenvalue weighted by Gasteiger charge is -2.27. The zero-order valence-electron chi connectivity index (χ0n) is 13.9. The quantitative estimate of drug-likeness (QED) is 0.680. The Morgan fingerprint density at radius 3 is 2.78 bits per heavy atom. The van der Waals surface area contributed by atoms with Crippen LogP contribution in [0.2, 0.25) is 0 Å². The van der Waals surface area contributed by atoms with Crippen LogP contribution in [-0.2, 0) is 10.5 Å². The van der Waals surface area contributed by atoms with Crippen molar-refractivity contribution in [3.8, 4) is 0 Å². The fraction of sp³-hybridized carbons (Fsp3) is 0.733. The fourth-order valence-corrected chi connectivity index (χ4v) is 3.48. The highest BCUT2D eigenvalue weighted by Gasteiger charge is 2.11. The van der Waals surface area contributed by atoms with Crippen molar-refractivity contribution < 1.29 is 9.32 Å². The summed E-state index contributed by atoms with van der Waals surface area (Å²) in [6.45, 7) is 10.0. The zero-order valence-corrected chi connectivity index (χ0v) is 15.5. The molecule has 2 heterocycles. The second-order valence-electron chi connectivity index (χ2n) is 5.59. The van der Waals surface area contributed by atoms with E-state index in [4.69, 9.17) is 4.52 Å². The maximum Gasteiger partial charge on any atom is 0.230 e. The smallest absolute Gasteiger partial charge is 0.230 e. The summed E-state index contributed by atoms with van der Waals surface area (Å²) in [4.78, 5) is 14.2. The Kier molecular flexibility index (Phi) is 9.62. The minimum atomic E-state index is 0. The summed E-state index contributed by atoms with van der Waals surface area (Å²) in [6, 6.07) is 0. The van der Waals surface area contributed by atoms with Crippen LogP contribution in [0.15, 0.2) is 4.52 Å². The summed E-state index contributed by atoms with van der Waals surface area (Å²) in [5.74, 6) is 2.21. The van der Waals surface area contributed by atoms with Gasteiger partial charge in [0.05, 0.1) is 11.4 Å². The SMILES string of the molecule is Cc1noc(C)c1CSCC(=O)NCCCN1CCNCC1.Cl. The van der Waals surface area contributed by atoms with Crippen molar-refractivity contribution in [3.05, 3.63) is 17.0 Å². The van der Waals surface area contributed by atoms with Crippen molar-refractivity contribution in [2.24, 2.45) is 0 Å². The molecular formula is C15H27ClN4O2S. The first-order valence-electron chi connectivity index (χ1n) is 7.86. The third kappa shape index (κ3) is 7.12. The molecule has 0 bridgehead atoms. The minimum Gasteiger partial charge on any atom is -0.361 e. The van der Waals surface area contributed by atoms with Crippen molar-refractivity contribution in [1.29, 1.82) is 0 Å². The highest BCUT2D eigenvalue weighted by atomic mass is 35.5. The van der Waals surface area contributed by atoms with E-state index in [-0.39, 0.29) is 18.3 Å². The molecule has 1 fully saturated rings. The number of nitrogens with zero attached hydrogens (tertiary/aromatic N) is 2. The summed E-state index contributed by atoms with van der Waals surface area (Å²) in [5, 5.41) is 10.3. The second-order valence-corrected chi connectivity index (χ2v) is 6.58. The van der Waals surface area contributed by atoms with E-state index in [0.29, 0.717) is 5.75 Å². The van der Waals surface area contributed by atoms with Gasteiger partial charge in [-0.3, -0.25) is 4.79 Å². The third-order valence-electron chi connectivity index (χ3n) is 3.84. The molecule has 6 nitrogen and oxygen atoms in total. The average Bonchev–Trinajstić information content (AvgIpc) is 2.84. The van der Waals surface area contributed by atoms with Crippen LogP contribution < -0.4 is 10.6 Å². The Morgan fingerprint density at radius 2 is 2.13 bits per heavy atom. The van der Waals surface area contributed by atoms with Crippen LogP contribution in [0.4, 0.5) is 0 Å². The van der Waals surface area contributed by atoms with Gasteiger partial charge in [0.1, 0.15) is 5.76 Å². The largest absolute Gasteiger partial charge is 0.361 e. The van der Waals surface area contributed by atoms with Gasteiger partial charge in [0.2, 0.25) is 5.91 Å². The van der Waals surface area contributed by atoms with Crippen LogP contribution in [0.5, 0.6) is 0 Å². The Labute approximate surface area is 148 Å². The number of carbonyl (C=O) groups excluding carboxylic acids is 1. The van der Waals surface area contributed by atoms with Crippen molar-refractivity contribution in [1.82, 2.24) is 20.7 Å². The molecule has 1 aromatic heterocycles. The van der Waals surface area contributed by atoms with E-state index < -0.39 is 0 Å². The monoisotopic (exact) mass is 362 g/mol. The first-order valence-corrected chi connectivity index (χ1v) is 9.01. The molecule has 132 valence electrons. The van der Waals surface area contributed by atoms with Crippen LogP contribution in [0.1, 0.15) is 23.4 Å². The van der Waals surface area contributed by atoms with Gasteiger partial charge in [-0.15, -0.1) is 24.2 Å². The molecule has 23 heavy (non-hydrogen) atoms. The normalized spacial score (nSPS) is 15.2. The Bertz CT molecular complexity index is 459. The number of nitrogens with one attached hydrogen (secondary N) is 2. The highest BCUT2D eigenvalue weighted by Crippen LogP contribution is 2.19. The molecular weight excluding hydrogens is 336 g/mol. The van der Waals surface area contributed by atoms with Gasteiger partial charge >= 0.3 is 0 Å². The summed E-state index contributed by atoms with van der Waals surface area (Å²) < 4.78 is 5.12. The van der Waals surface area contributed by atoms with E-state index >= 15 is 0 Å². The lowest BCUT2D eigenvalue weighted by molar-refractivity contribution is -0.118. The highest BCUT2D eigenvalue weighted by molar-refractivity contribution is 7.99. The average molecular weight is 363 g/mol. The first kappa shape index (κ1) is 20.3. The summed E-state index contributed by atoms with van der Waals surface area (Å²) in [7, 11) is 0. The van der Waals surface area contributed by atoms with Crippen molar-refractivity contribution in [2.75, 3.05) is 45.0 Å². The number of piperazine rings is 1. The van der Waals surface area contributed by atoms with Crippen LogP contribution in [0.25, 0.3) is 0 Å². The molecule has 0 aliphatic carbocycles. The Balaban J connectivity index is 0.00000264. The van der Waals surface area contributed by atoms with Crippen LogP contribution in [-0.4, -0.2) is 61.0 Å². The number of hydrogen-bond donors (Lipinski definition) is 2. The van der Waals surface area contributed by atoms with Gasteiger partial charge in [-0.25, -0.2) is 0 Å². The van der Waals surface area contributed by atoms with Gasteiger partial charge in [0.25, 0.3) is 0 Å². The number of aryl methyl sites for hydroxylation is 2. The first-order chi connectivity index (χ1) is 10.7. The Morgan fingerprint density at radius 1 is 1.39 bits per heavy atom. The van der Waals surface area contributed by atoms with Crippen LogP contribution in [0, 0.1) is 13.8 Å². The van der Waals surface area contributed by atoms with Crippen molar-refractivity contribution in [2.45, 2.75) is 26.0 Å². The molecule has 1 aliphatic heterocycles. The number of hydrogen-bond acceptors (Lipinski definition) is 6. The lowest BCUT2D eigenvalue weighted by Crippen LogP contribution is -2.44. The molecule has 0 unspecified atom stereocenters. The summed E-state index contributed by atoms with van der Waals surface area (Å²) in [6.07, 6.45) is 1.01. The molecule has 0 spiro atoms. The van der Waals surface area contributed by atoms with Gasteiger partial charge in [-0.2, -0.15) is 0 Å². The third-order valence-corrected chi connectivity index (χ3v) is 4.80. The van der Waals surface area contributed by atoms with Gasteiger partial charge in [0, 0.05) is 44.0 Å². The van der Waals surface area contributed by atoms with Crippen LogP contribution >= 0.6 is 24.2 Å². The molecule has 0 atom stereocenters. The van der Waals surface area contributed by atoms with E-state index in [1.807, 2.05) is 13.8 Å². The summed E-state index contributed by atoms with van der Waals surface area (Å²) in [5.41, 5.74) is 2.03. The minimum absolute atomic E-state index is 0. The summed E-state index contributed by atoms with van der Waals surface area (Å²) >= 11 is 1.60. The van der Waals surface area contributed by atoms with Gasteiger partial charge in [-0.05, 0) is 26.8 Å². The number of amides is 1. The van der Waals surface area contributed by atoms with Crippen molar-refractivity contribution >= 4 is 30.1 Å². The molecule has 0 saturated carbocycles. The predicted octanol–water partition coefficient (Wildman–Crippen LogP) is 1.36. The zero-order chi connectivity index (χ0) is 15.8. The number of thioether (sulfide) groups is 1. The fourth-order valence-electron chi connectivity index (χ4n) is 2.47. The van der Waals surface area contributed by atoms with Crippen molar-refractivity contribution in [3.63, 3.8) is 0 Å². The van der Waals surface area contributed by atoms with E-state index in [1.54, 1.807) is 11.8 Å². The molecule has 8 heteroatoms. The van der Waals surface area contributed by atoms with Gasteiger partial charge < -0.3 is 20.1 Å². The molecule has 1 amide bonds. The van der Waals surface area contributed by atoms with Crippen LogP contribution in [0.3, 0.4) is 0 Å². The second kappa shape index (κ2) is 10.9. The van der Waals surface area contributed by atoms with E-state index in [1.165, 1.54) is 0 Å². The maximum absolute atomic E-state index is 11.8. The van der Waals surface area contributed by atoms with E-state index in [2.05, 4.69) is 20.7 Å². The van der Waals surface area contributed by atoms with E-state index in [0.717, 1.165) is 68.5 Å². The molecule has 0 radical (unpaired) electrons.